The standard InChI is InChI=1S/C33H31N3O3S/c1-3-30(33(39)34-26-17-8-5-9-18-26)40-28-20-12-19-27(22-28)35-32(38)29(21-25-16-11-10-13-23(25)2)36-31(37)24-14-6-4-7-15-24/h4-22,30H,3H2,1-2H3,(H,34,39)(H,35,38)(H,36,37)/b29-21-. The molecule has 0 aromatic heterocycles. The van der Waals surface area contributed by atoms with Crippen molar-refractivity contribution in [3.05, 3.63) is 132 Å². The van der Waals surface area contributed by atoms with Crippen LogP contribution < -0.4 is 16.0 Å². The number of anilines is 2. The minimum absolute atomic E-state index is 0.0831. The zero-order chi connectivity index (χ0) is 28.3. The maximum Gasteiger partial charge on any atom is 0.272 e. The van der Waals surface area contributed by atoms with Crippen LogP contribution in [-0.2, 0) is 9.59 Å². The Hall–Kier alpha value is -4.62. The van der Waals surface area contributed by atoms with Gasteiger partial charge in [-0.3, -0.25) is 14.4 Å². The fraction of sp³-hybridized carbons (Fsp3) is 0.121. The first-order valence-electron chi connectivity index (χ1n) is 13.0. The number of nitrogens with one attached hydrogen (secondary N) is 3. The Bertz CT molecular complexity index is 1500. The van der Waals surface area contributed by atoms with E-state index in [4.69, 9.17) is 0 Å². The van der Waals surface area contributed by atoms with Crippen LogP contribution in [0, 0.1) is 6.92 Å². The van der Waals surface area contributed by atoms with E-state index in [1.54, 1.807) is 36.4 Å². The first-order chi connectivity index (χ1) is 19.4. The number of thioether (sulfide) groups is 1. The first kappa shape index (κ1) is 28.4. The van der Waals surface area contributed by atoms with Crippen LogP contribution in [0.5, 0.6) is 0 Å². The van der Waals surface area contributed by atoms with Gasteiger partial charge in [-0.25, -0.2) is 0 Å². The molecule has 3 N–H and O–H groups in total. The van der Waals surface area contributed by atoms with Crippen molar-refractivity contribution in [1.29, 1.82) is 0 Å². The van der Waals surface area contributed by atoms with Crippen molar-refractivity contribution in [3.8, 4) is 0 Å². The van der Waals surface area contributed by atoms with Crippen LogP contribution in [0.25, 0.3) is 6.08 Å². The number of benzene rings is 4. The Morgan fingerprint density at radius 1 is 0.775 bits per heavy atom. The van der Waals surface area contributed by atoms with E-state index >= 15 is 0 Å². The Labute approximate surface area is 238 Å². The van der Waals surface area contributed by atoms with Crippen LogP contribution in [0.4, 0.5) is 11.4 Å². The predicted octanol–water partition coefficient (Wildman–Crippen LogP) is 6.91. The lowest BCUT2D eigenvalue weighted by molar-refractivity contribution is -0.116. The summed E-state index contributed by atoms with van der Waals surface area (Å²) in [7, 11) is 0. The highest BCUT2D eigenvalue weighted by molar-refractivity contribution is 8.00. The van der Waals surface area contributed by atoms with Crippen molar-refractivity contribution in [2.24, 2.45) is 0 Å². The molecule has 0 aliphatic heterocycles. The lowest BCUT2D eigenvalue weighted by atomic mass is 10.1. The molecule has 40 heavy (non-hydrogen) atoms. The molecule has 1 unspecified atom stereocenters. The maximum absolute atomic E-state index is 13.4. The molecule has 0 aliphatic carbocycles. The van der Waals surface area contributed by atoms with Crippen LogP contribution in [0.1, 0.15) is 34.8 Å². The molecule has 4 rings (SSSR count). The monoisotopic (exact) mass is 549 g/mol. The van der Waals surface area contributed by atoms with Crippen LogP contribution in [-0.4, -0.2) is 23.0 Å². The fourth-order valence-electron chi connectivity index (χ4n) is 3.92. The van der Waals surface area contributed by atoms with Gasteiger partial charge >= 0.3 is 0 Å². The van der Waals surface area contributed by atoms with E-state index in [9.17, 15) is 14.4 Å². The summed E-state index contributed by atoms with van der Waals surface area (Å²) in [6.07, 6.45) is 2.31. The van der Waals surface area contributed by atoms with Crippen molar-refractivity contribution >= 4 is 46.9 Å². The minimum Gasteiger partial charge on any atom is -0.325 e. The lowest BCUT2D eigenvalue weighted by Crippen LogP contribution is -2.30. The highest BCUT2D eigenvalue weighted by Crippen LogP contribution is 2.29. The molecule has 0 spiro atoms. The molecule has 0 bridgehead atoms. The Morgan fingerprint density at radius 3 is 2.12 bits per heavy atom. The highest BCUT2D eigenvalue weighted by Gasteiger charge is 2.19. The zero-order valence-corrected chi connectivity index (χ0v) is 23.2. The number of para-hydroxylation sites is 1. The van der Waals surface area contributed by atoms with E-state index in [1.807, 2.05) is 92.7 Å². The van der Waals surface area contributed by atoms with Crippen molar-refractivity contribution in [1.82, 2.24) is 5.32 Å². The van der Waals surface area contributed by atoms with Gasteiger partial charge in [-0.05, 0) is 73.0 Å². The third-order valence-corrected chi connectivity index (χ3v) is 7.45. The molecule has 202 valence electrons. The third kappa shape index (κ3) is 7.94. The van der Waals surface area contributed by atoms with Gasteiger partial charge < -0.3 is 16.0 Å². The van der Waals surface area contributed by atoms with Crippen LogP contribution in [0.2, 0.25) is 0 Å². The molecule has 6 nitrogen and oxygen atoms in total. The molecule has 4 aromatic carbocycles. The summed E-state index contributed by atoms with van der Waals surface area (Å²) < 4.78 is 0. The highest BCUT2D eigenvalue weighted by atomic mass is 32.2. The van der Waals surface area contributed by atoms with Crippen LogP contribution >= 0.6 is 11.8 Å². The van der Waals surface area contributed by atoms with Crippen LogP contribution in [0.15, 0.2) is 120 Å². The predicted molar refractivity (Wildman–Crippen MR) is 163 cm³/mol. The molecule has 0 saturated heterocycles. The second-order valence-corrected chi connectivity index (χ2v) is 10.4. The number of amides is 3. The number of carbonyl (C=O) groups is 3. The summed E-state index contributed by atoms with van der Waals surface area (Å²) in [4.78, 5) is 40.1. The quantitative estimate of drug-likeness (QED) is 0.148. The van der Waals surface area contributed by atoms with E-state index in [1.165, 1.54) is 11.8 Å². The number of hydrogen-bond acceptors (Lipinski definition) is 4. The summed E-state index contributed by atoms with van der Waals surface area (Å²) in [6.45, 7) is 3.91. The normalized spacial score (nSPS) is 11.8. The molecule has 1 atom stereocenters. The van der Waals surface area contributed by atoms with Gasteiger partial charge in [0.25, 0.3) is 11.8 Å². The van der Waals surface area contributed by atoms with E-state index < -0.39 is 5.91 Å². The second-order valence-electron chi connectivity index (χ2n) is 9.09. The molecule has 3 amide bonds. The molecule has 4 aromatic rings. The number of carbonyl (C=O) groups excluding carboxylic acids is 3. The number of aryl methyl sites for hydroxylation is 1. The maximum atomic E-state index is 13.4. The van der Waals surface area contributed by atoms with Crippen LogP contribution in [0.3, 0.4) is 0 Å². The Balaban J connectivity index is 1.51. The van der Waals surface area contributed by atoms with Gasteiger partial charge in [-0.1, -0.05) is 73.7 Å². The SMILES string of the molecule is CCC(Sc1cccc(NC(=O)/C(=C/c2ccccc2C)NC(=O)c2ccccc2)c1)C(=O)Nc1ccccc1. The molecule has 0 saturated carbocycles. The van der Waals surface area contributed by atoms with Crippen molar-refractivity contribution in [3.63, 3.8) is 0 Å². The summed E-state index contributed by atoms with van der Waals surface area (Å²) >= 11 is 1.43. The van der Waals surface area contributed by atoms with Crippen molar-refractivity contribution in [2.45, 2.75) is 30.4 Å². The summed E-state index contributed by atoms with van der Waals surface area (Å²) in [5.74, 6) is -0.918. The van der Waals surface area contributed by atoms with Gasteiger partial charge in [0, 0.05) is 21.8 Å². The number of hydrogen-bond donors (Lipinski definition) is 3. The van der Waals surface area contributed by atoms with Gasteiger partial charge in [0.2, 0.25) is 5.91 Å². The minimum atomic E-state index is -0.455. The summed E-state index contributed by atoms with van der Waals surface area (Å²) in [5, 5.41) is 8.32. The first-order valence-corrected chi connectivity index (χ1v) is 13.9. The largest absolute Gasteiger partial charge is 0.325 e. The van der Waals surface area contributed by atoms with E-state index in [-0.39, 0.29) is 22.8 Å². The summed E-state index contributed by atoms with van der Waals surface area (Å²) in [6, 6.07) is 33.1. The molecule has 7 heteroatoms. The lowest BCUT2D eigenvalue weighted by Gasteiger charge is -2.16. The van der Waals surface area contributed by atoms with Gasteiger partial charge in [-0.15, -0.1) is 11.8 Å². The summed E-state index contributed by atoms with van der Waals surface area (Å²) in [5.41, 5.74) is 3.66. The van der Waals surface area contributed by atoms with E-state index in [0.29, 0.717) is 17.7 Å². The Morgan fingerprint density at radius 2 is 1.43 bits per heavy atom. The van der Waals surface area contributed by atoms with E-state index in [2.05, 4.69) is 16.0 Å². The van der Waals surface area contributed by atoms with Gasteiger partial charge in [-0.2, -0.15) is 0 Å². The van der Waals surface area contributed by atoms with Crippen molar-refractivity contribution in [2.75, 3.05) is 10.6 Å². The van der Waals surface area contributed by atoms with Gasteiger partial charge in [0.1, 0.15) is 5.70 Å². The zero-order valence-electron chi connectivity index (χ0n) is 22.4. The molecule has 0 fully saturated rings. The molecular weight excluding hydrogens is 518 g/mol. The molecule has 0 radical (unpaired) electrons. The van der Waals surface area contributed by atoms with Gasteiger partial charge in [0.05, 0.1) is 5.25 Å². The molecule has 0 aliphatic rings. The average Bonchev–Trinajstić information content (AvgIpc) is 2.97. The topological polar surface area (TPSA) is 87.3 Å². The third-order valence-electron chi connectivity index (χ3n) is 6.09. The fourth-order valence-corrected chi connectivity index (χ4v) is 4.94. The van der Waals surface area contributed by atoms with E-state index in [0.717, 1.165) is 21.7 Å². The smallest absolute Gasteiger partial charge is 0.272 e. The Kier molecular flexibility index (Phi) is 9.91. The second kappa shape index (κ2) is 14.0. The molecular formula is C33H31N3O3S. The number of rotatable bonds is 10. The van der Waals surface area contributed by atoms with Gasteiger partial charge in [0.15, 0.2) is 0 Å². The molecule has 0 heterocycles. The average molecular weight is 550 g/mol. The van der Waals surface area contributed by atoms with Crippen molar-refractivity contribution < 1.29 is 14.4 Å².